The second-order valence-corrected chi connectivity index (χ2v) is 8.14. The van der Waals surface area contributed by atoms with Gasteiger partial charge in [-0.2, -0.15) is 5.26 Å². The number of benzene rings is 1. The number of amides is 1. The molecule has 1 saturated carbocycles. The zero-order valence-corrected chi connectivity index (χ0v) is 17.5. The molecule has 3 N–H and O–H groups in total. The van der Waals surface area contributed by atoms with E-state index in [-0.39, 0.29) is 30.8 Å². The summed E-state index contributed by atoms with van der Waals surface area (Å²) < 4.78 is 0. The summed E-state index contributed by atoms with van der Waals surface area (Å²) in [6.07, 6.45) is 6.28. The van der Waals surface area contributed by atoms with Crippen LogP contribution in [0.25, 0.3) is 0 Å². The largest absolute Gasteiger partial charge is 0.481 e. The number of hydrogen-bond acceptors (Lipinski definition) is 4. The summed E-state index contributed by atoms with van der Waals surface area (Å²) in [5.41, 5.74) is 1.17. The third-order valence-electron chi connectivity index (χ3n) is 6.32. The Bertz CT molecular complexity index is 731. The summed E-state index contributed by atoms with van der Waals surface area (Å²) in [5, 5.41) is 24.9. The molecule has 0 bridgehead atoms. The van der Waals surface area contributed by atoms with E-state index in [4.69, 9.17) is 5.11 Å². The number of hydrogen-bond donors (Lipinski definition) is 3. The molecule has 7 heteroatoms. The highest BCUT2D eigenvalue weighted by Gasteiger charge is 2.34. The van der Waals surface area contributed by atoms with Gasteiger partial charge in [0.1, 0.15) is 0 Å². The van der Waals surface area contributed by atoms with Crippen LogP contribution < -0.4 is 10.6 Å². The molecular formula is C22H30ClN3O3. The number of nitrogens with zero attached hydrogens (tertiary/aromatic N) is 1. The Morgan fingerprint density at radius 1 is 1.14 bits per heavy atom. The number of carboxylic acid groups (broad SMARTS) is 1. The van der Waals surface area contributed by atoms with Crippen LogP contribution in [0.3, 0.4) is 0 Å². The summed E-state index contributed by atoms with van der Waals surface area (Å²) >= 11 is 0. The van der Waals surface area contributed by atoms with Crippen LogP contribution in [0.15, 0.2) is 24.3 Å². The van der Waals surface area contributed by atoms with Crippen LogP contribution in [0, 0.1) is 17.2 Å². The first-order valence-electron chi connectivity index (χ1n) is 10.3. The molecule has 1 saturated heterocycles. The molecule has 1 heterocycles. The highest BCUT2D eigenvalue weighted by Crippen LogP contribution is 2.33. The predicted molar refractivity (Wildman–Crippen MR) is 113 cm³/mol. The third kappa shape index (κ3) is 5.94. The molecule has 6 nitrogen and oxygen atoms in total. The van der Waals surface area contributed by atoms with Gasteiger partial charge in [-0.05, 0) is 81.6 Å². The minimum absolute atomic E-state index is 0. The van der Waals surface area contributed by atoms with Gasteiger partial charge in [0.05, 0.1) is 11.5 Å². The van der Waals surface area contributed by atoms with Gasteiger partial charge in [-0.25, -0.2) is 0 Å². The topological polar surface area (TPSA) is 102 Å². The van der Waals surface area contributed by atoms with Crippen LogP contribution in [-0.4, -0.2) is 36.1 Å². The summed E-state index contributed by atoms with van der Waals surface area (Å²) in [6.45, 7) is 1.68. The van der Waals surface area contributed by atoms with Crippen LogP contribution in [0.5, 0.6) is 0 Å². The Morgan fingerprint density at radius 2 is 1.76 bits per heavy atom. The highest BCUT2D eigenvalue weighted by molar-refractivity contribution is 5.94. The fourth-order valence-corrected chi connectivity index (χ4v) is 4.45. The smallest absolute Gasteiger partial charge is 0.303 e. The molecule has 1 aliphatic carbocycles. The average molecular weight is 420 g/mol. The van der Waals surface area contributed by atoms with Gasteiger partial charge in [0, 0.05) is 18.0 Å². The first-order valence-corrected chi connectivity index (χ1v) is 10.3. The Kier molecular flexibility index (Phi) is 8.48. The zero-order chi connectivity index (χ0) is 20.0. The summed E-state index contributed by atoms with van der Waals surface area (Å²) in [7, 11) is 0. The summed E-state index contributed by atoms with van der Waals surface area (Å²) in [4.78, 5) is 23.3. The van der Waals surface area contributed by atoms with Crippen molar-refractivity contribution in [3.8, 4) is 6.07 Å². The normalized spacial score (nSPS) is 23.3. The molecule has 158 valence electrons. The van der Waals surface area contributed by atoms with Gasteiger partial charge in [0.2, 0.25) is 0 Å². The van der Waals surface area contributed by atoms with E-state index < -0.39 is 11.4 Å². The maximum absolute atomic E-state index is 12.6. The summed E-state index contributed by atoms with van der Waals surface area (Å²) in [6, 6.07) is 10.1. The average Bonchev–Trinajstić information content (AvgIpc) is 2.74. The first-order chi connectivity index (χ1) is 13.5. The molecule has 0 radical (unpaired) electrons. The molecule has 2 aliphatic rings. The number of piperidine rings is 1. The number of nitriles is 1. The van der Waals surface area contributed by atoms with Gasteiger partial charge in [0.15, 0.2) is 0 Å². The van der Waals surface area contributed by atoms with Crippen LogP contribution in [0.1, 0.15) is 67.3 Å². The zero-order valence-electron chi connectivity index (χ0n) is 16.7. The van der Waals surface area contributed by atoms with Crippen LogP contribution in [0.4, 0.5) is 0 Å². The van der Waals surface area contributed by atoms with E-state index in [1.807, 2.05) is 24.3 Å². The molecule has 1 aliphatic heterocycles. The number of rotatable bonds is 6. The number of nitrogens with one attached hydrogen (secondary N) is 2. The molecule has 1 aromatic carbocycles. The Hall–Kier alpha value is -2.10. The van der Waals surface area contributed by atoms with Crippen molar-refractivity contribution in [2.45, 2.75) is 62.8 Å². The van der Waals surface area contributed by atoms with E-state index in [0.717, 1.165) is 63.6 Å². The van der Waals surface area contributed by atoms with Gasteiger partial charge < -0.3 is 15.7 Å². The second-order valence-electron chi connectivity index (χ2n) is 8.14. The standard InChI is InChI=1S/C22H29N3O3.ClH/c23-15-22(11-13-24-14-12-22)18-6-4-17(5-7-18)21(28)25-19-8-1-16(2-9-19)3-10-20(26)27;/h4-7,16,19,24H,1-3,8-14H2,(H,25,28)(H,26,27);1H. The van der Waals surface area contributed by atoms with Crippen LogP contribution in [-0.2, 0) is 10.2 Å². The lowest BCUT2D eigenvalue weighted by Gasteiger charge is -2.31. The number of carboxylic acids is 1. The SMILES string of the molecule is Cl.N#CC1(c2ccc(C(=O)NC3CCC(CCC(=O)O)CC3)cc2)CCNCC1. The monoisotopic (exact) mass is 419 g/mol. The van der Waals surface area contributed by atoms with Crippen molar-refractivity contribution in [1.82, 2.24) is 10.6 Å². The molecular weight excluding hydrogens is 390 g/mol. The molecule has 2 fully saturated rings. The van der Waals surface area contributed by atoms with Crippen molar-refractivity contribution in [2.75, 3.05) is 13.1 Å². The van der Waals surface area contributed by atoms with Crippen molar-refractivity contribution in [3.63, 3.8) is 0 Å². The molecule has 0 atom stereocenters. The van der Waals surface area contributed by atoms with Gasteiger partial charge in [0.25, 0.3) is 5.91 Å². The number of aliphatic carboxylic acids is 1. The predicted octanol–water partition coefficient (Wildman–Crippen LogP) is 3.41. The molecule has 0 spiro atoms. The summed E-state index contributed by atoms with van der Waals surface area (Å²) in [5.74, 6) is -0.353. The molecule has 0 unspecified atom stereocenters. The van der Waals surface area contributed by atoms with Gasteiger partial charge in [-0.3, -0.25) is 9.59 Å². The lowest BCUT2D eigenvalue weighted by atomic mass is 9.74. The number of halogens is 1. The van der Waals surface area contributed by atoms with Crippen molar-refractivity contribution in [3.05, 3.63) is 35.4 Å². The fraction of sp³-hybridized carbons (Fsp3) is 0.591. The van der Waals surface area contributed by atoms with Crippen molar-refractivity contribution >= 4 is 24.3 Å². The van der Waals surface area contributed by atoms with Crippen molar-refractivity contribution in [1.29, 1.82) is 5.26 Å². The van der Waals surface area contributed by atoms with E-state index in [9.17, 15) is 14.9 Å². The van der Waals surface area contributed by atoms with Crippen molar-refractivity contribution < 1.29 is 14.7 Å². The maximum atomic E-state index is 12.6. The Balaban J connectivity index is 0.00000300. The van der Waals surface area contributed by atoms with E-state index in [1.165, 1.54) is 0 Å². The first kappa shape index (κ1) is 23.2. The molecule has 29 heavy (non-hydrogen) atoms. The maximum Gasteiger partial charge on any atom is 0.303 e. The van der Waals surface area contributed by atoms with Crippen molar-refractivity contribution in [2.24, 2.45) is 5.92 Å². The second kappa shape index (κ2) is 10.6. The minimum atomic E-state index is -0.735. The van der Waals surface area contributed by atoms with Crippen LogP contribution in [0.2, 0.25) is 0 Å². The minimum Gasteiger partial charge on any atom is -0.481 e. The lowest BCUT2D eigenvalue weighted by Crippen LogP contribution is -2.39. The van der Waals surface area contributed by atoms with Gasteiger partial charge in [-0.15, -0.1) is 12.4 Å². The van der Waals surface area contributed by atoms with E-state index >= 15 is 0 Å². The Morgan fingerprint density at radius 3 is 2.31 bits per heavy atom. The molecule has 1 amide bonds. The van der Waals surface area contributed by atoms with E-state index in [1.54, 1.807) is 0 Å². The quantitative estimate of drug-likeness (QED) is 0.655. The number of carbonyl (C=O) groups excluding carboxylic acids is 1. The number of carbonyl (C=O) groups is 2. The van der Waals surface area contributed by atoms with E-state index in [2.05, 4.69) is 16.7 Å². The Labute approximate surface area is 178 Å². The molecule has 1 aromatic rings. The molecule has 3 rings (SSSR count). The highest BCUT2D eigenvalue weighted by atomic mass is 35.5. The van der Waals surface area contributed by atoms with Gasteiger partial charge in [-0.1, -0.05) is 12.1 Å². The third-order valence-corrected chi connectivity index (χ3v) is 6.32. The van der Waals surface area contributed by atoms with E-state index in [0.29, 0.717) is 11.5 Å². The van der Waals surface area contributed by atoms with Crippen LogP contribution >= 0.6 is 12.4 Å². The lowest BCUT2D eigenvalue weighted by molar-refractivity contribution is -0.137. The van der Waals surface area contributed by atoms with Gasteiger partial charge >= 0.3 is 5.97 Å². The fourth-order valence-electron chi connectivity index (χ4n) is 4.45. The molecule has 0 aromatic heterocycles.